The van der Waals surface area contributed by atoms with Crippen LogP contribution in [0.4, 0.5) is 4.79 Å². The molecule has 0 saturated heterocycles. The van der Waals surface area contributed by atoms with Gasteiger partial charge in [0.1, 0.15) is 0 Å². The van der Waals surface area contributed by atoms with Gasteiger partial charge in [-0.15, -0.1) is 12.4 Å². The lowest BCUT2D eigenvalue weighted by Crippen LogP contribution is -2.03. The Labute approximate surface area is 90.6 Å². The molecule has 0 spiro atoms. The largest absolute Gasteiger partial charge is 0.511 e. The molecule has 1 N–H and O–H groups in total. The van der Waals surface area contributed by atoms with Gasteiger partial charge in [-0.3, -0.25) is 0 Å². The third-order valence-electron chi connectivity index (χ3n) is 1.09. The van der Waals surface area contributed by atoms with Crippen molar-refractivity contribution in [2.75, 3.05) is 0 Å². The first-order valence-corrected chi connectivity index (χ1v) is 3.71. The van der Waals surface area contributed by atoms with Crippen molar-refractivity contribution in [1.82, 2.24) is 0 Å². The van der Waals surface area contributed by atoms with Crippen LogP contribution in [0.5, 0.6) is 5.75 Å². The Hall–Kier alpha value is -0.640. The van der Waals surface area contributed by atoms with Crippen LogP contribution in [0.3, 0.4) is 0 Å². The SMILES string of the molecule is Cl.O=C(O)Oc1ccc(Cl)cc1Cl. The first kappa shape index (κ1) is 12.4. The zero-order valence-electron chi connectivity index (χ0n) is 6.16. The van der Waals surface area contributed by atoms with Crippen LogP contribution in [0.15, 0.2) is 18.2 Å². The molecule has 0 amide bonds. The van der Waals surface area contributed by atoms with Gasteiger partial charge < -0.3 is 9.84 Å². The van der Waals surface area contributed by atoms with Gasteiger partial charge in [0.05, 0.1) is 5.02 Å². The van der Waals surface area contributed by atoms with E-state index in [0.717, 1.165) is 0 Å². The van der Waals surface area contributed by atoms with E-state index < -0.39 is 6.16 Å². The van der Waals surface area contributed by atoms with E-state index in [1.807, 2.05) is 0 Å². The average molecular weight is 243 g/mol. The van der Waals surface area contributed by atoms with Crippen molar-refractivity contribution in [3.63, 3.8) is 0 Å². The Morgan fingerprint density at radius 1 is 1.38 bits per heavy atom. The van der Waals surface area contributed by atoms with Gasteiger partial charge in [-0.25, -0.2) is 4.79 Å². The molecular weight excluding hydrogens is 238 g/mol. The molecule has 6 heteroatoms. The summed E-state index contributed by atoms with van der Waals surface area (Å²) >= 11 is 11.2. The molecule has 72 valence electrons. The summed E-state index contributed by atoms with van der Waals surface area (Å²) in [5.74, 6) is 0.0774. The van der Waals surface area contributed by atoms with Crippen LogP contribution in [0, 0.1) is 0 Å². The van der Waals surface area contributed by atoms with E-state index in [1.54, 1.807) is 0 Å². The van der Waals surface area contributed by atoms with Gasteiger partial charge in [0.25, 0.3) is 0 Å². The van der Waals surface area contributed by atoms with Crippen molar-refractivity contribution in [3.05, 3.63) is 28.2 Å². The topological polar surface area (TPSA) is 46.5 Å². The fraction of sp³-hybridized carbons (Fsp3) is 0. The van der Waals surface area contributed by atoms with E-state index in [0.29, 0.717) is 5.02 Å². The lowest BCUT2D eigenvalue weighted by molar-refractivity contribution is 0.144. The fourth-order valence-corrected chi connectivity index (χ4v) is 1.10. The Morgan fingerprint density at radius 3 is 2.46 bits per heavy atom. The van der Waals surface area contributed by atoms with Gasteiger partial charge in [-0.1, -0.05) is 23.2 Å². The van der Waals surface area contributed by atoms with Gasteiger partial charge in [-0.05, 0) is 18.2 Å². The maximum Gasteiger partial charge on any atom is 0.511 e. The molecule has 0 saturated carbocycles. The zero-order valence-corrected chi connectivity index (χ0v) is 8.49. The summed E-state index contributed by atoms with van der Waals surface area (Å²) in [6.45, 7) is 0. The van der Waals surface area contributed by atoms with Crippen LogP contribution in [-0.4, -0.2) is 11.3 Å². The Bertz CT molecular complexity index is 314. The monoisotopic (exact) mass is 242 g/mol. The van der Waals surface area contributed by atoms with E-state index in [2.05, 4.69) is 4.74 Å². The van der Waals surface area contributed by atoms with Crippen LogP contribution in [0.1, 0.15) is 0 Å². The highest BCUT2D eigenvalue weighted by molar-refractivity contribution is 6.35. The van der Waals surface area contributed by atoms with Crippen molar-refractivity contribution < 1.29 is 14.6 Å². The summed E-state index contributed by atoms with van der Waals surface area (Å²) in [5, 5.41) is 8.85. The minimum absolute atomic E-state index is 0. The van der Waals surface area contributed by atoms with Crippen LogP contribution in [-0.2, 0) is 0 Å². The van der Waals surface area contributed by atoms with Crippen molar-refractivity contribution in [3.8, 4) is 5.75 Å². The van der Waals surface area contributed by atoms with Crippen LogP contribution in [0.25, 0.3) is 0 Å². The molecule has 1 rings (SSSR count). The molecular formula is C7H5Cl3O3. The highest BCUT2D eigenvalue weighted by Gasteiger charge is 2.05. The second-order valence-corrected chi connectivity index (χ2v) is 2.79. The van der Waals surface area contributed by atoms with E-state index in [4.69, 9.17) is 28.3 Å². The van der Waals surface area contributed by atoms with E-state index in [-0.39, 0.29) is 23.2 Å². The molecule has 0 aromatic heterocycles. The van der Waals surface area contributed by atoms with Gasteiger partial charge in [0.15, 0.2) is 5.75 Å². The lowest BCUT2D eigenvalue weighted by Gasteiger charge is -2.01. The third-order valence-corrected chi connectivity index (χ3v) is 1.62. The molecule has 0 heterocycles. The van der Waals surface area contributed by atoms with Crippen LogP contribution < -0.4 is 4.74 Å². The lowest BCUT2D eigenvalue weighted by atomic mass is 10.3. The van der Waals surface area contributed by atoms with Gasteiger partial charge in [0, 0.05) is 5.02 Å². The average Bonchev–Trinajstić information content (AvgIpc) is 1.94. The number of ether oxygens (including phenoxy) is 1. The molecule has 0 aliphatic heterocycles. The molecule has 1 aromatic carbocycles. The first-order valence-electron chi connectivity index (χ1n) is 2.95. The van der Waals surface area contributed by atoms with Crippen molar-refractivity contribution in [2.45, 2.75) is 0 Å². The molecule has 3 nitrogen and oxygen atoms in total. The van der Waals surface area contributed by atoms with Crippen molar-refractivity contribution >= 4 is 41.8 Å². The second-order valence-electron chi connectivity index (χ2n) is 1.94. The van der Waals surface area contributed by atoms with Gasteiger partial charge in [0.2, 0.25) is 0 Å². The van der Waals surface area contributed by atoms with Crippen molar-refractivity contribution in [1.29, 1.82) is 0 Å². The maximum absolute atomic E-state index is 10.1. The normalized spacial score (nSPS) is 8.77. The maximum atomic E-state index is 10.1. The van der Waals surface area contributed by atoms with Crippen molar-refractivity contribution in [2.24, 2.45) is 0 Å². The van der Waals surface area contributed by atoms with E-state index >= 15 is 0 Å². The summed E-state index contributed by atoms with van der Waals surface area (Å²) in [4.78, 5) is 10.1. The summed E-state index contributed by atoms with van der Waals surface area (Å²) in [6.07, 6.45) is -1.40. The van der Waals surface area contributed by atoms with Crippen LogP contribution >= 0.6 is 35.6 Å². The number of carboxylic acid groups (broad SMARTS) is 1. The van der Waals surface area contributed by atoms with E-state index in [1.165, 1.54) is 18.2 Å². The molecule has 0 atom stereocenters. The minimum atomic E-state index is -1.40. The van der Waals surface area contributed by atoms with E-state index in [9.17, 15) is 4.79 Å². The molecule has 0 aliphatic carbocycles. The summed E-state index contributed by atoms with van der Waals surface area (Å²) in [6, 6.07) is 4.28. The number of hydrogen-bond donors (Lipinski definition) is 1. The summed E-state index contributed by atoms with van der Waals surface area (Å²) < 4.78 is 4.33. The molecule has 0 radical (unpaired) electrons. The molecule has 1 aromatic rings. The molecule has 13 heavy (non-hydrogen) atoms. The predicted octanol–water partition coefficient (Wildman–Crippen LogP) is 3.47. The molecule has 0 fully saturated rings. The smallest absolute Gasteiger partial charge is 0.449 e. The first-order chi connectivity index (χ1) is 5.59. The van der Waals surface area contributed by atoms with Gasteiger partial charge in [-0.2, -0.15) is 0 Å². The minimum Gasteiger partial charge on any atom is -0.449 e. The number of hydrogen-bond acceptors (Lipinski definition) is 2. The highest BCUT2D eigenvalue weighted by atomic mass is 35.5. The highest BCUT2D eigenvalue weighted by Crippen LogP contribution is 2.27. The second kappa shape index (κ2) is 5.17. The van der Waals surface area contributed by atoms with Crippen LogP contribution in [0.2, 0.25) is 10.0 Å². The summed E-state index contributed by atoms with van der Waals surface area (Å²) in [7, 11) is 0. The summed E-state index contributed by atoms with van der Waals surface area (Å²) in [5.41, 5.74) is 0. The number of halogens is 3. The molecule has 0 bridgehead atoms. The Morgan fingerprint density at radius 2 is 2.00 bits per heavy atom. The molecule has 0 aliphatic rings. The Balaban J connectivity index is 0.00000144. The quantitative estimate of drug-likeness (QED) is 0.607. The fourth-order valence-electron chi connectivity index (χ4n) is 0.652. The van der Waals surface area contributed by atoms with Gasteiger partial charge >= 0.3 is 6.16 Å². The zero-order chi connectivity index (χ0) is 9.14. The molecule has 0 unspecified atom stereocenters. The standard InChI is InChI=1S/C7H4Cl2O3.ClH/c8-4-1-2-6(5(9)3-4)12-7(10)11;/h1-3H,(H,10,11);1H. The number of carbonyl (C=O) groups is 1. The number of rotatable bonds is 1. The number of benzene rings is 1. The predicted molar refractivity (Wildman–Crippen MR) is 52.4 cm³/mol. The Kier molecular flexibility index (Phi) is 4.91. The third kappa shape index (κ3) is 3.72.